The maximum atomic E-state index is 13.2. The number of likely N-dealkylation sites (tertiary alicyclic amines) is 2. The van der Waals surface area contributed by atoms with Gasteiger partial charge in [0.25, 0.3) is 0 Å². The maximum absolute atomic E-state index is 13.2. The zero-order chi connectivity index (χ0) is 31.4. The number of rotatable bonds is 10. The van der Waals surface area contributed by atoms with Crippen molar-refractivity contribution in [1.82, 2.24) is 29.9 Å². The van der Waals surface area contributed by atoms with Crippen LogP contribution in [0.5, 0.6) is 5.75 Å². The molecular formula is C32H40N6O6. The minimum absolute atomic E-state index is 0.0323. The standard InChI is InChI=1S/C32H40N6O6/c1-20(2)22-5-8-27(39)26(17-22)30-34-35-32(44)38(30)25-6-3-21(4-7-25)18-36-14-11-23(19-36)31(43)37-15-12-24(13-16-37)33-28(40)9-10-29(41)42/h3-8,17,20,23-24,39H,9-16,18-19H2,1-2H3,(H,33,40)(H,35,44)(H,41,42). The SMILES string of the molecule is CC(C)c1ccc(O)c(-c2n[nH]c(=O)n2-c2ccc(CN3CCC(C(=O)N4CCC(NC(=O)CCC(=O)O)CC4)C3)cc2)c1. The number of nitrogens with one attached hydrogen (secondary N) is 2. The number of H-pyrrole nitrogens is 1. The number of carboxylic acid groups (broad SMARTS) is 1. The molecule has 12 heteroatoms. The summed E-state index contributed by atoms with van der Waals surface area (Å²) in [4.78, 5) is 52.7. The molecule has 0 saturated carbocycles. The average Bonchev–Trinajstić information content (AvgIpc) is 3.63. The van der Waals surface area contributed by atoms with Gasteiger partial charge in [-0.15, -0.1) is 0 Å². The largest absolute Gasteiger partial charge is 0.507 e. The van der Waals surface area contributed by atoms with E-state index < -0.39 is 11.7 Å². The first-order chi connectivity index (χ1) is 21.1. The Balaban J connectivity index is 1.15. The Hall–Kier alpha value is -4.45. The van der Waals surface area contributed by atoms with Crippen LogP contribution in [0.2, 0.25) is 0 Å². The molecule has 2 aliphatic heterocycles. The fraction of sp³-hybridized carbons (Fsp3) is 0.469. The first-order valence-electron chi connectivity index (χ1n) is 15.2. The van der Waals surface area contributed by atoms with Crippen molar-refractivity contribution in [3.63, 3.8) is 0 Å². The molecule has 3 aromatic rings. The summed E-state index contributed by atoms with van der Waals surface area (Å²) >= 11 is 0. The molecule has 12 nitrogen and oxygen atoms in total. The van der Waals surface area contributed by atoms with Crippen molar-refractivity contribution >= 4 is 17.8 Å². The van der Waals surface area contributed by atoms with Gasteiger partial charge in [-0.1, -0.05) is 32.0 Å². The van der Waals surface area contributed by atoms with Crippen LogP contribution >= 0.6 is 0 Å². The molecule has 0 aliphatic carbocycles. The van der Waals surface area contributed by atoms with Crippen molar-refractivity contribution in [2.75, 3.05) is 26.2 Å². The number of aromatic hydroxyl groups is 1. The number of benzene rings is 2. The quantitative estimate of drug-likeness (QED) is 0.275. The van der Waals surface area contributed by atoms with E-state index >= 15 is 0 Å². The van der Waals surface area contributed by atoms with Gasteiger partial charge < -0.3 is 20.4 Å². The van der Waals surface area contributed by atoms with E-state index in [0.29, 0.717) is 56.1 Å². The number of amides is 2. The molecule has 1 atom stereocenters. The van der Waals surface area contributed by atoms with Gasteiger partial charge in [-0.2, -0.15) is 5.10 Å². The topological polar surface area (TPSA) is 161 Å². The number of hydrogen-bond acceptors (Lipinski definition) is 7. The second kappa shape index (κ2) is 13.5. The molecule has 2 saturated heterocycles. The van der Waals surface area contributed by atoms with Gasteiger partial charge in [-0.3, -0.25) is 19.3 Å². The summed E-state index contributed by atoms with van der Waals surface area (Å²) in [6.07, 6.45) is 1.90. The van der Waals surface area contributed by atoms with Crippen molar-refractivity contribution in [2.45, 2.75) is 64.5 Å². The van der Waals surface area contributed by atoms with Gasteiger partial charge in [-0.25, -0.2) is 14.5 Å². The van der Waals surface area contributed by atoms with E-state index in [-0.39, 0.29) is 48.3 Å². The highest BCUT2D eigenvalue weighted by molar-refractivity contribution is 5.81. The third kappa shape index (κ3) is 7.19. The lowest BCUT2D eigenvalue weighted by Crippen LogP contribution is -2.48. The summed E-state index contributed by atoms with van der Waals surface area (Å²) in [5, 5.41) is 28.9. The van der Waals surface area contributed by atoms with E-state index in [1.54, 1.807) is 6.07 Å². The minimum Gasteiger partial charge on any atom is -0.507 e. The Bertz CT molecular complexity index is 1550. The fourth-order valence-corrected chi connectivity index (χ4v) is 6.02. The predicted octanol–water partition coefficient (Wildman–Crippen LogP) is 2.85. The number of piperidine rings is 1. The van der Waals surface area contributed by atoms with Crippen LogP contribution in [-0.2, 0) is 20.9 Å². The molecule has 2 fully saturated rings. The summed E-state index contributed by atoms with van der Waals surface area (Å²) in [5.74, 6) is -0.537. The second-order valence-electron chi connectivity index (χ2n) is 12.1. The number of aliphatic carboxylic acids is 1. The molecule has 1 unspecified atom stereocenters. The van der Waals surface area contributed by atoms with Crippen LogP contribution in [0.3, 0.4) is 0 Å². The highest BCUT2D eigenvalue weighted by Gasteiger charge is 2.33. The van der Waals surface area contributed by atoms with E-state index in [1.807, 2.05) is 41.3 Å². The van der Waals surface area contributed by atoms with Crippen molar-refractivity contribution in [2.24, 2.45) is 5.92 Å². The lowest BCUT2D eigenvalue weighted by Gasteiger charge is -2.34. The number of phenols is 1. The van der Waals surface area contributed by atoms with Gasteiger partial charge in [0, 0.05) is 38.6 Å². The van der Waals surface area contributed by atoms with Gasteiger partial charge in [0.15, 0.2) is 5.82 Å². The number of nitrogens with zero attached hydrogens (tertiary/aromatic N) is 4. The van der Waals surface area contributed by atoms with Gasteiger partial charge in [0.2, 0.25) is 11.8 Å². The summed E-state index contributed by atoms with van der Waals surface area (Å²) in [5.41, 5.74) is 2.81. The Morgan fingerprint density at radius 1 is 1.02 bits per heavy atom. The molecule has 0 bridgehead atoms. The lowest BCUT2D eigenvalue weighted by atomic mass is 10.00. The molecule has 234 valence electrons. The van der Waals surface area contributed by atoms with Crippen LogP contribution in [-0.4, -0.2) is 84.8 Å². The van der Waals surface area contributed by atoms with Gasteiger partial charge in [-0.05, 0) is 67.1 Å². The van der Waals surface area contributed by atoms with Crippen LogP contribution < -0.4 is 11.0 Å². The number of phenolic OH excluding ortho intramolecular Hbond substituents is 1. The Kier molecular flexibility index (Phi) is 9.48. The zero-order valence-electron chi connectivity index (χ0n) is 25.2. The van der Waals surface area contributed by atoms with Crippen LogP contribution in [0.15, 0.2) is 47.3 Å². The van der Waals surface area contributed by atoms with Crippen LogP contribution in [0.4, 0.5) is 0 Å². The lowest BCUT2D eigenvalue weighted by molar-refractivity contribution is -0.139. The number of carboxylic acids is 1. The molecule has 2 aromatic carbocycles. The van der Waals surface area contributed by atoms with Crippen molar-refractivity contribution in [1.29, 1.82) is 0 Å². The Labute approximate surface area is 255 Å². The normalized spacial score (nSPS) is 17.7. The summed E-state index contributed by atoms with van der Waals surface area (Å²) in [6, 6.07) is 13.0. The summed E-state index contributed by atoms with van der Waals surface area (Å²) in [6.45, 7) is 7.44. The molecule has 4 N–H and O–H groups in total. The van der Waals surface area contributed by atoms with E-state index in [9.17, 15) is 24.3 Å². The molecule has 44 heavy (non-hydrogen) atoms. The number of carbonyl (C=O) groups is 3. The highest BCUT2D eigenvalue weighted by atomic mass is 16.4. The molecule has 0 spiro atoms. The third-order valence-corrected chi connectivity index (χ3v) is 8.56. The summed E-state index contributed by atoms with van der Waals surface area (Å²) < 4.78 is 1.46. The molecule has 3 heterocycles. The number of aromatic nitrogens is 3. The summed E-state index contributed by atoms with van der Waals surface area (Å²) in [7, 11) is 0. The molecular weight excluding hydrogens is 564 g/mol. The first-order valence-corrected chi connectivity index (χ1v) is 15.2. The zero-order valence-corrected chi connectivity index (χ0v) is 25.2. The van der Waals surface area contributed by atoms with Crippen molar-refractivity contribution in [3.05, 3.63) is 64.1 Å². The van der Waals surface area contributed by atoms with Crippen molar-refractivity contribution in [3.8, 4) is 22.8 Å². The minimum atomic E-state index is -0.992. The monoisotopic (exact) mass is 604 g/mol. The molecule has 5 rings (SSSR count). The van der Waals surface area contributed by atoms with Crippen molar-refractivity contribution < 1.29 is 24.6 Å². The predicted molar refractivity (Wildman–Crippen MR) is 163 cm³/mol. The van der Waals surface area contributed by atoms with E-state index in [2.05, 4.69) is 34.3 Å². The molecule has 1 aromatic heterocycles. The second-order valence-corrected chi connectivity index (χ2v) is 12.1. The first kappa shape index (κ1) is 31.0. The van der Waals surface area contributed by atoms with Gasteiger partial charge in [0.05, 0.1) is 23.6 Å². The van der Waals surface area contributed by atoms with E-state index in [4.69, 9.17) is 5.11 Å². The molecule has 2 aliphatic rings. The average molecular weight is 605 g/mol. The number of hydrogen-bond donors (Lipinski definition) is 4. The van der Waals surface area contributed by atoms with Crippen LogP contribution in [0.1, 0.15) is 63.0 Å². The third-order valence-electron chi connectivity index (χ3n) is 8.56. The van der Waals surface area contributed by atoms with Crippen LogP contribution in [0.25, 0.3) is 17.1 Å². The van der Waals surface area contributed by atoms with E-state index in [1.165, 1.54) is 4.57 Å². The fourth-order valence-electron chi connectivity index (χ4n) is 6.02. The number of carbonyl (C=O) groups excluding carboxylic acids is 2. The van der Waals surface area contributed by atoms with Gasteiger partial charge in [0.1, 0.15) is 5.75 Å². The molecule has 0 radical (unpaired) electrons. The number of aromatic amines is 1. The van der Waals surface area contributed by atoms with E-state index in [0.717, 1.165) is 24.1 Å². The maximum Gasteiger partial charge on any atom is 0.348 e. The van der Waals surface area contributed by atoms with Gasteiger partial charge >= 0.3 is 11.7 Å². The highest BCUT2D eigenvalue weighted by Crippen LogP contribution is 2.32. The smallest absolute Gasteiger partial charge is 0.348 e. The molecule has 2 amide bonds. The Morgan fingerprint density at radius 3 is 2.43 bits per heavy atom. The Morgan fingerprint density at radius 2 is 1.75 bits per heavy atom. The van der Waals surface area contributed by atoms with Crippen LogP contribution in [0, 0.1) is 5.92 Å².